The number of nitrogens with one attached hydrogen (secondary N) is 1. The van der Waals surface area contributed by atoms with E-state index in [0.29, 0.717) is 19.5 Å². The fourth-order valence-corrected chi connectivity index (χ4v) is 3.47. The molecule has 6 nitrogen and oxygen atoms in total. The van der Waals surface area contributed by atoms with Gasteiger partial charge in [0.2, 0.25) is 5.91 Å². The zero-order chi connectivity index (χ0) is 13.4. The van der Waals surface area contributed by atoms with Crippen LogP contribution in [0.1, 0.15) is 32.1 Å². The highest BCUT2D eigenvalue weighted by molar-refractivity contribution is 5.85. The van der Waals surface area contributed by atoms with Crippen molar-refractivity contribution < 1.29 is 14.3 Å². The minimum Gasteiger partial charge on any atom is -0.364 e. The van der Waals surface area contributed by atoms with Crippen molar-refractivity contribution in [2.75, 3.05) is 13.1 Å². The smallest absolute Gasteiger partial charge is 0.252 e. The monoisotopic (exact) mass is 303 g/mol. The lowest BCUT2D eigenvalue weighted by Crippen LogP contribution is -2.47. The summed E-state index contributed by atoms with van der Waals surface area (Å²) in [6, 6.07) is 0.199. The van der Waals surface area contributed by atoms with Crippen molar-refractivity contribution in [3.8, 4) is 0 Å². The number of nitrogens with zero attached hydrogens (tertiary/aromatic N) is 1. The third-order valence-corrected chi connectivity index (χ3v) is 4.48. The van der Waals surface area contributed by atoms with Gasteiger partial charge in [0.1, 0.15) is 6.10 Å². The van der Waals surface area contributed by atoms with E-state index < -0.39 is 0 Å². The number of ether oxygens (including phenoxy) is 1. The molecule has 2 unspecified atom stereocenters. The van der Waals surface area contributed by atoms with Crippen molar-refractivity contribution in [3.63, 3.8) is 0 Å². The molecule has 3 aliphatic rings. The zero-order valence-electron chi connectivity index (χ0n) is 11.4. The van der Waals surface area contributed by atoms with E-state index >= 15 is 0 Å². The Hall–Kier alpha value is -0.850. The molecule has 0 saturated carbocycles. The molecule has 0 radical (unpaired) electrons. The summed E-state index contributed by atoms with van der Waals surface area (Å²) < 4.78 is 5.70. The van der Waals surface area contributed by atoms with Gasteiger partial charge in [0.05, 0.1) is 6.10 Å². The van der Waals surface area contributed by atoms with Crippen LogP contribution in [0.25, 0.3) is 0 Å². The minimum absolute atomic E-state index is 0. The van der Waals surface area contributed by atoms with Crippen LogP contribution < -0.4 is 11.1 Å². The van der Waals surface area contributed by atoms with Crippen LogP contribution in [0.3, 0.4) is 0 Å². The van der Waals surface area contributed by atoms with Crippen LogP contribution >= 0.6 is 12.4 Å². The van der Waals surface area contributed by atoms with Gasteiger partial charge in [-0.3, -0.25) is 9.59 Å². The Morgan fingerprint density at radius 2 is 2.05 bits per heavy atom. The van der Waals surface area contributed by atoms with E-state index in [1.165, 1.54) is 0 Å². The fourth-order valence-electron chi connectivity index (χ4n) is 3.47. The quantitative estimate of drug-likeness (QED) is 0.739. The topological polar surface area (TPSA) is 84.7 Å². The molecule has 3 rings (SSSR count). The molecule has 3 aliphatic heterocycles. The van der Waals surface area contributed by atoms with Gasteiger partial charge >= 0.3 is 0 Å². The highest BCUT2D eigenvalue weighted by Crippen LogP contribution is 2.31. The Labute approximate surface area is 124 Å². The molecule has 3 N–H and O–H groups in total. The van der Waals surface area contributed by atoms with Gasteiger partial charge in [-0.25, -0.2) is 0 Å². The number of rotatable bonds is 2. The summed E-state index contributed by atoms with van der Waals surface area (Å²) in [6.07, 6.45) is 3.59. The molecule has 0 aliphatic carbocycles. The number of hydrogen-bond acceptors (Lipinski definition) is 4. The van der Waals surface area contributed by atoms with Gasteiger partial charge in [-0.15, -0.1) is 12.4 Å². The highest BCUT2D eigenvalue weighted by Gasteiger charge is 2.44. The summed E-state index contributed by atoms with van der Waals surface area (Å²) in [7, 11) is 0. The summed E-state index contributed by atoms with van der Waals surface area (Å²) in [6.45, 7) is 1.05. The van der Waals surface area contributed by atoms with E-state index in [9.17, 15) is 9.59 Å². The first-order chi connectivity index (χ1) is 9.19. The number of amides is 2. The molecule has 2 bridgehead atoms. The van der Waals surface area contributed by atoms with E-state index in [0.717, 1.165) is 25.7 Å². The molecule has 3 fully saturated rings. The second-order valence-corrected chi connectivity index (χ2v) is 5.70. The van der Waals surface area contributed by atoms with Crippen molar-refractivity contribution in [1.82, 2.24) is 10.2 Å². The number of fused-ring (bicyclic) bond motifs is 2. The van der Waals surface area contributed by atoms with Gasteiger partial charge in [-0.05, 0) is 25.7 Å². The predicted octanol–water partition coefficient (Wildman–Crippen LogP) is -0.206. The van der Waals surface area contributed by atoms with Crippen molar-refractivity contribution in [1.29, 1.82) is 0 Å². The molecular formula is C13H22ClN3O3. The van der Waals surface area contributed by atoms with Gasteiger partial charge < -0.3 is 20.7 Å². The molecular weight excluding hydrogens is 282 g/mol. The fraction of sp³-hybridized carbons (Fsp3) is 0.846. The lowest BCUT2D eigenvalue weighted by atomic mass is 10.1. The molecule has 7 heteroatoms. The second kappa shape index (κ2) is 6.28. The molecule has 0 spiro atoms. The van der Waals surface area contributed by atoms with Crippen molar-refractivity contribution in [2.24, 2.45) is 5.73 Å². The molecule has 3 heterocycles. The summed E-state index contributed by atoms with van der Waals surface area (Å²) in [4.78, 5) is 26.1. The molecule has 4 atom stereocenters. The van der Waals surface area contributed by atoms with Crippen LogP contribution in [-0.4, -0.2) is 54.1 Å². The minimum atomic E-state index is -0.357. The third-order valence-electron chi connectivity index (χ3n) is 4.48. The molecule has 20 heavy (non-hydrogen) atoms. The normalized spacial score (nSPS) is 36.2. The lowest BCUT2D eigenvalue weighted by molar-refractivity contribution is -0.145. The maximum Gasteiger partial charge on any atom is 0.252 e. The first kappa shape index (κ1) is 15.5. The number of nitrogens with two attached hydrogens (primary N) is 1. The van der Waals surface area contributed by atoms with Gasteiger partial charge in [0.25, 0.3) is 5.91 Å². The molecule has 3 saturated heterocycles. The first-order valence-electron chi connectivity index (χ1n) is 7.13. The molecule has 0 aromatic carbocycles. The van der Waals surface area contributed by atoms with Crippen LogP contribution in [0.2, 0.25) is 0 Å². The lowest BCUT2D eigenvalue weighted by Gasteiger charge is -2.29. The van der Waals surface area contributed by atoms with E-state index in [2.05, 4.69) is 5.32 Å². The van der Waals surface area contributed by atoms with Gasteiger partial charge in [0.15, 0.2) is 0 Å². The van der Waals surface area contributed by atoms with E-state index in [4.69, 9.17) is 10.5 Å². The maximum atomic E-state index is 12.6. The Kier molecular flexibility index (Phi) is 4.88. The largest absolute Gasteiger partial charge is 0.364 e. The SMILES string of the molecule is Cl.NC[C@H]1CC[C@@H](C(=O)N2C3CCC2CC(=O)NC3)O1. The Bertz CT molecular complexity index is 393. The molecule has 0 aromatic heterocycles. The zero-order valence-corrected chi connectivity index (χ0v) is 12.2. The first-order valence-corrected chi connectivity index (χ1v) is 7.13. The van der Waals surface area contributed by atoms with Crippen molar-refractivity contribution in [3.05, 3.63) is 0 Å². The Morgan fingerprint density at radius 1 is 1.30 bits per heavy atom. The molecule has 0 aromatic rings. The van der Waals surface area contributed by atoms with Crippen LogP contribution in [0.15, 0.2) is 0 Å². The second-order valence-electron chi connectivity index (χ2n) is 5.70. The Balaban J connectivity index is 0.00000147. The summed E-state index contributed by atoms with van der Waals surface area (Å²) in [5, 5.41) is 2.88. The van der Waals surface area contributed by atoms with Crippen LogP contribution in [-0.2, 0) is 14.3 Å². The summed E-state index contributed by atoms with van der Waals surface area (Å²) in [5.41, 5.74) is 5.58. The van der Waals surface area contributed by atoms with Crippen LogP contribution in [0.5, 0.6) is 0 Å². The number of hydrogen-bond donors (Lipinski definition) is 2. The summed E-state index contributed by atoms with van der Waals surface area (Å²) in [5.74, 6) is 0.108. The van der Waals surface area contributed by atoms with Crippen LogP contribution in [0, 0.1) is 0 Å². The third kappa shape index (κ3) is 2.77. The number of carbonyl (C=O) groups excluding carboxylic acids is 2. The average Bonchev–Trinajstić information content (AvgIpc) is 2.97. The van der Waals surface area contributed by atoms with E-state index in [1.54, 1.807) is 0 Å². The van der Waals surface area contributed by atoms with E-state index in [1.807, 2.05) is 4.90 Å². The van der Waals surface area contributed by atoms with Crippen molar-refractivity contribution >= 4 is 24.2 Å². The van der Waals surface area contributed by atoms with Gasteiger partial charge in [-0.1, -0.05) is 0 Å². The summed E-state index contributed by atoms with van der Waals surface area (Å²) >= 11 is 0. The number of halogens is 1. The van der Waals surface area contributed by atoms with Crippen molar-refractivity contribution in [2.45, 2.75) is 56.4 Å². The van der Waals surface area contributed by atoms with Gasteiger partial charge in [-0.2, -0.15) is 0 Å². The Morgan fingerprint density at radius 3 is 2.75 bits per heavy atom. The van der Waals surface area contributed by atoms with Gasteiger partial charge in [0, 0.05) is 31.6 Å². The number of carbonyl (C=O) groups is 2. The van der Waals surface area contributed by atoms with Crippen LogP contribution in [0.4, 0.5) is 0 Å². The predicted molar refractivity (Wildman–Crippen MR) is 75.5 cm³/mol. The molecule has 114 valence electrons. The maximum absolute atomic E-state index is 12.6. The molecule has 2 amide bonds. The average molecular weight is 304 g/mol. The standard InChI is InChI=1S/C13H21N3O3.ClH/c14-6-10-3-4-11(19-10)13(18)16-8-1-2-9(16)7-15-12(17)5-8;/h8-11H,1-7,14H2,(H,15,17);1H/t8?,9?,10-,11+;/m1./s1. The van der Waals surface area contributed by atoms with E-state index in [-0.39, 0.29) is 48.5 Å². The highest BCUT2D eigenvalue weighted by atomic mass is 35.5.